The minimum atomic E-state index is 0.0407. The van der Waals surface area contributed by atoms with Crippen molar-refractivity contribution in [1.29, 1.82) is 0 Å². The molecule has 0 saturated heterocycles. The van der Waals surface area contributed by atoms with Crippen LogP contribution in [0.25, 0.3) is 5.57 Å². The van der Waals surface area contributed by atoms with Crippen LogP contribution in [0, 0.1) is 34.5 Å². The van der Waals surface area contributed by atoms with Gasteiger partial charge in [0.05, 0.1) is 6.61 Å². The van der Waals surface area contributed by atoms with Crippen LogP contribution in [0.3, 0.4) is 0 Å². The van der Waals surface area contributed by atoms with Gasteiger partial charge in [0.25, 0.3) is 6.47 Å². The Balaban J connectivity index is 1.60. The van der Waals surface area contributed by atoms with Crippen LogP contribution in [0.4, 0.5) is 0 Å². The van der Waals surface area contributed by atoms with Crippen LogP contribution in [-0.4, -0.2) is 29.8 Å². The van der Waals surface area contributed by atoms with Crippen molar-refractivity contribution in [3.05, 3.63) is 36.2 Å². The zero-order valence-electron chi connectivity index (χ0n) is 17.1. The lowest BCUT2D eigenvalue weighted by Crippen LogP contribution is -2.52. The lowest BCUT2D eigenvalue weighted by Gasteiger charge is -2.58. The number of carbonyl (C=O) groups excluding carboxylic acids is 1. The first-order valence-electron chi connectivity index (χ1n) is 10.8. The number of hydrogen-bond acceptors (Lipinski definition) is 4. The zero-order valence-corrected chi connectivity index (χ0v) is 17.1. The summed E-state index contributed by atoms with van der Waals surface area (Å²) in [4.78, 5) is 15.0. The normalized spacial score (nSPS) is 39.6. The van der Waals surface area contributed by atoms with Crippen LogP contribution in [-0.2, 0) is 9.53 Å². The van der Waals surface area contributed by atoms with Crippen molar-refractivity contribution in [1.82, 2.24) is 4.98 Å². The van der Waals surface area contributed by atoms with Crippen LogP contribution in [0.15, 0.2) is 30.6 Å². The Hall–Kier alpha value is -1.68. The molecule has 4 heteroatoms. The molecule has 1 N–H and O–H groups in total. The van der Waals surface area contributed by atoms with Crippen molar-refractivity contribution < 1.29 is 14.6 Å². The summed E-state index contributed by atoms with van der Waals surface area (Å²) in [6, 6.07) is 4.23. The summed E-state index contributed by atoms with van der Waals surface area (Å²) >= 11 is 0. The highest BCUT2D eigenvalue weighted by Gasteiger charge is 2.57. The number of aliphatic hydroxyl groups excluding tert-OH is 1. The lowest BCUT2D eigenvalue weighted by molar-refractivity contribution is -0.133. The summed E-state index contributed by atoms with van der Waals surface area (Å²) < 4.78 is 5.08. The fraction of sp³-hybridized carbons (Fsp3) is 0.667. The maximum atomic E-state index is 10.7. The number of carbonyl (C=O) groups is 1. The SMILES string of the molecule is C[C@]1(CCOC=O)[C@H](CO)CC[C@@H]2[C@@H]1CC[C@]1(C)C(c3cccnc3)=CC[C@@H]21. The highest BCUT2D eigenvalue weighted by atomic mass is 16.5. The molecule has 2 fully saturated rings. The number of aromatic nitrogens is 1. The monoisotopic (exact) mass is 383 g/mol. The molecular weight excluding hydrogens is 350 g/mol. The van der Waals surface area contributed by atoms with Crippen LogP contribution < -0.4 is 0 Å². The standard InChI is InChI=1S/C24H33NO3/c1-23(11-13-28-16-27)18(15-26)5-6-19-21-8-7-20(17-4-3-12-25-14-17)24(21,2)10-9-22(19)23/h3-4,7,12,14,16,18-19,21-22,26H,5-6,8-11,13,15H2,1-2H3/t18-,19-,21-,22-,23-,24+/m0/s1. The minimum absolute atomic E-state index is 0.0407. The topological polar surface area (TPSA) is 59.4 Å². The molecule has 0 spiro atoms. The molecule has 0 aliphatic heterocycles. The van der Waals surface area contributed by atoms with Crippen molar-refractivity contribution in [2.75, 3.05) is 13.2 Å². The van der Waals surface area contributed by atoms with Gasteiger partial charge in [0.2, 0.25) is 0 Å². The number of aliphatic hydroxyl groups is 1. The Bertz CT molecular complexity index is 733. The lowest BCUT2D eigenvalue weighted by atomic mass is 9.46. The smallest absolute Gasteiger partial charge is 0.293 e. The largest absolute Gasteiger partial charge is 0.468 e. The fourth-order valence-electron chi connectivity index (χ4n) is 7.09. The van der Waals surface area contributed by atoms with E-state index in [4.69, 9.17) is 4.74 Å². The molecule has 0 bridgehead atoms. The minimum Gasteiger partial charge on any atom is -0.468 e. The van der Waals surface area contributed by atoms with Gasteiger partial charge in [0.15, 0.2) is 0 Å². The van der Waals surface area contributed by atoms with E-state index in [0.29, 0.717) is 36.8 Å². The van der Waals surface area contributed by atoms with Gasteiger partial charge >= 0.3 is 0 Å². The van der Waals surface area contributed by atoms with Gasteiger partial charge < -0.3 is 9.84 Å². The maximum Gasteiger partial charge on any atom is 0.293 e. The van der Waals surface area contributed by atoms with E-state index in [-0.39, 0.29) is 17.4 Å². The van der Waals surface area contributed by atoms with Crippen molar-refractivity contribution in [3.63, 3.8) is 0 Å². The Kier molecular flexibility index (Phi) is 5.34. The van der Waals surface area contributed by atoms with Gasteiger partial charge in [-0.2, -0.15) is 0 Å². The van der Waals surface area contributed by atoms with Gasteiger partial charge in [0.1, 0.15) is 0 Å². The first kappa shape index (κ1) is 19.6. The molecule has 4 rings (SSSR count). The van der Waals surface area contributed by atoms with E-state index in [1.807, 2.05) is 18.5 Å². The summed E-state index contributed by atoms with van der Waals surface area (Å²) in [5, 5.41) is 10.1. The van der Waals surface area contributed by atoms with Gasteiger partial charge in [-0.1, -0.05) is 26.0 Å². The number of hydrogen-bond donors (Lipinski definition) is 1. The highest BCUT2D eigenvalue weighted by Crippen LogP contribution is 2.66. The molecule has 6 atom stereocenters. The van der Waals surface area contributed by atoms with E-state index < -0.39 is 0 Å². The van der Waals surface area contributed by atoms with Gasteiger partial charge in [-0.3, -0.25) is 9.78 Å². The predicted octanol–water partition coefficient (Wildman–Crippen LogP) is 4.49. The third kappa shape index (κ3) is 3.01. The highest BCUT2D eigenvalue weighted by molar-refractivity contribution is 5.72. The summed E-state index contributed by atoms with van der Waals surface area (Å²) in [5.41, 5.74) is 3.02. The predicted molar refractivity (Wildman–Crippen MR) is 109 cm³/mol. The van der Waals surface area contributed by atoms with Crippen molar-refractivity contribution >= 4 is 12.0 Å². The van der Waals surface area contributed by atoms with E-state index in [1.165, 1.54) is 30.4 Å². The molecule has 4 nitrogen and oxygen atoms in total. The van der Waals surface area contributed by atoms with Crippen molar-refractivity contribution in [3.8, 4) is 0 Å². The molecular formula is C24H33NO3. The van der Waals surface area contributed by atoms with E-state index in [2.05, 4.69) is 31.0 Å². The summed E-state index contributed by atoms with van der Waals surface area (Å²) in [7, 11) is 0. The van der Waals surface area contributed by atoms with Gasteiger partial charge in [-0.15, -0.1) is 0 Å². The molecule has 152 valence electrons. The quantitative estimate of drug-likeness (QED) is 0.581. The molecule has 0 radical (unpaired) electrons. The average molecular weight is 384 g/mol. The third-order valence-electron chi connectivity index (χ3n) is 8.67. The fourth-order valence-corrected chi connectivity index (χ4v) is 7.09. The van der Waals surface area contributed by atoms with Crippen molar-refractivity contribution in [2.45, 2.75) is 52.4 Å². The van der Waals surface area contributed by atoms with E-state index in [1.54, 1.807) is 0 Å². The number of allylic oxidation sites excluding steroid dienone is 2. The number of nitrogens with zero attached hydrogens (tertiary/aromatic N) is 1. The third-order valence-corrected chi connectivity index (χ3v) is 8.67. The molecule has 1 aromatic heterocycles. The average Bonchev–Trinajstić information content (AvgIpc) is 3.06. The molecule has 1 heterocycles. The van der Waals surface area contributed by atoms with E-state index in [0.717, 1.165) is 19.3 Å². The second-order valence-corrected chi connectivity index (χ2v) is 9.61. The Labute approximate surface area is 168 Å². The van der Waals surface area contributed by atoms with E-state index >= 15 is 0 Å². The number of rotatable bonds is 6. The van der Waals surface area contributed by atoms with Gasteiger partial charge in [-0.05, 0) is 90.2 Å². The Morgan fingerprint density at radius 1 is 1.29 bits per heavy atom. The molecule has 2 saturated carbocycles. The van der Waals surface area contributed by atoms with Crippen LogP contribution in [0.5, 0.6) is 0 Å². The molecule has 0 aromatic carbocycles. The van der Waals surface area contributed by atoms with Crippen molar-refractivity contribution in [2.24, 2.45) is 34.5 Å². The van der Waals surface area contributed by atoms with Crippen LogP contribution in [0.2, 0.25) is 0 Å². The summed E-state index contributed by atoms with van der Waals surface area (Å²) in [6.45, 7) is 6.05. The summed E-state index contributed by atoms with van der Waals surface area (Å²) in [6.07, 6.45) is 13.0. The van der Waals surface area contributed by atoms with Crippen LogP contribution in [0.1, 0.15) is 57.9 Å². The van der Waals surface area contributed by atoms with E-state index in [9.17, 15) is 9.90 Å². The Morgan fingerprint density at radius 2 is 2.14 bits per heavy atom. The number of pyridine rings is 1. The summed E-state index contributed by atoms with van der Waals surface area (Å²) in [5.74, 6) is 2.23. The maximum absolute atomic E-state index is 10.7. The molecule has 3 aliphatic carbocycles. The van der Waals surface area contributed by atoms with Gasteiger partial charge in [-0.25, -0.2) is 0 Å². The second kappa shape index (κ2) is 7.62. The second-order valence-electron chi connectivity index (χ2n) is 9.61. The molecule has 28 heavy (non-hydrogen) atoms. The van der Waals surface area contributed by atoms with Crippen LogP contribution >= 0.6 is 0 Å². The zero-order chi connectivity index (χ0) is 19.8. The molecule has 1 aromatic rings. The Morgan fingerprint density at radius 3 is 2.86 bits per heavy atom. The first-order chi connectivity index (χ1) is 13.5. The molecule has 0 amide bonds. The molecule has 0 unspecified atom stereocenters. The number of fused-ring (bicyclic) bond motifs is 3. The number of ether oxygens (including phenoxy) is 1. The molecule has 3 aliphatic rings. The van der Waals surface area contributed by atoms with Gasteiger partial charge in [0, 0.05) is 19.0 Å². The first-order valence-corrected chi connectivity index (χ1v) is 10.8.